The predicted molar refractivity (Wildman–Crippen MR) is 86.3 cm³/mol. The number of rotatable bonds is 9. The summed E-state index contributed by atoms with van der Waals surface area (Å²) in [6, 6.07) is 8.46. The fourth-order valence-corrected chi connectivity index (χ4v) is 2.03. The second-order valence-corrected chi connectivity index (χ2v) is 5.29. The first kappa shape index (κ1) is 16.6. The Bertz CT molecular complexity index is 384. The summed E-state index contributed by atoms with van der Waals surface area (Å²) in [6.45, 7) is 3.97. The number of benzene rings is 1. The molecule has 20 heavy (non-hydrogen) atoms. The molecule has 0 spiro atoms. The van der Waals surface area contributed by atoms with Gasteiger partial charge in [0.15, 0.2) is 0 Å². The maximum Gasteiger partial charge on any atom is 0.119 e. The van der Waals surface area contributed by atoms with Gasteiger partial charge in [0.05, 0.1) is 6.61 Å². The normalized spacial score (nSPS) is 12.8. The first-order valence-electron chi connectivity index (χ1n) is 7.38. The van der Waals surface area contributed by atoms with Crippen molar-refractivity contribution in [2.45, 2.75) is 25.7 Å². The fraction of sp³-hybridized carbons (Fsp3) is 0.529. The molecule has 1 aromatic rings. The molecular weight excluding hydrogens is 248 g/mol. The summed E-state index contributed by atoms with van der Waals surface area (Å²) in [4.78, 5) is 2.20. The molecule has 0 saturated heterocycles. The monoisotopic (exact) mass is 276 g/mol. The average Bonchev–Trinajstić information content (AvgIpc) is 2.44. The Morgan fingerprint density at radius 3 is 2.50 bits per heavy atom. The van der Waals surface area contributed by atoms with Crippen LogP contribution in [0.1, 0.15) is 31.2 Å². The van der Waals surface area contributed by atoms with E-state index in [-0.39, 0.29) is 0 Å². The van der Waals surface area contributed by atoms with Crippen LogP contribution in [-0.2, 0) is 0 Å². The van der Waals surface area contributed by atoms with E-state index in [1.807, 2.05) is 13.2 Å². The van der Waals surface area contributed by atoms with E-state index in [1.54, 1.807) is 0 Å². The minimum atomic E-state index is 0.391. The Morgan fingerprint density at radius 1 is 1.25 bits per heavy atom. The predicted octanol–water partition coefficient (Wildman–Crippen LogP) is 3.24. The van der Waals surface area contributed by atoms with Crippen molar-refractivity contribution >= 4 is 0 Å². The zero-order valence-corrected chi connectivity index (χ0v) is 13.2. The van der Waals surface area contributed by atoms with Crippen LogP contribution < -0.4 is 10.1 Å². The van der Waals surface area contributed by atoms with Gasteiger partial charge >= 0.3 is 0 Å². The van der Waals surface area contributed by atoms with E-state index in [4.69, 9.17) is 4.74 Å². The SMILES string of the molecule is CCCCOc1ccc(C(C=CNC)CN(C)C)cc1. The molecule has 1 aromatic carbocycles. The molecular formula is C17H28N2O. The Kier molecular flexibility index (Phi) is 7.81. The van der Waals surface area contributed by atoms with Crippen LogP contribution in [0.15, 0.2) is 36.5 Å². The third-order valence-corrected chi connectivity index (χ3v) is 3.13. The molecule has 1 unspecified atom stereocenters. The number of nitrogens with one attached hydrogen (secondary N) is 1. The lowest BCUT2D eigenvalue weighted by Gasteiger charge is -2.18. The number of nitrogens with zero attached hydrogens (tertiary/aromatic N) is 1. The van der Waals surface area contributed by atoms with Crippen LogP contribution in [0.4, 0.5) is 0 Å². The molecule has 0 bridgehead atoms. The molecule has 0 heterocycles. The third kappa shape index (κ3) is 6.11. The zero-order chi connectivity index (χ0) is 14.8. The largest absolute Gasteiger partial charge is 0.494 e. The van der Waals surface area contributed by atoms with Gasteiger partial charge < -0.3 is 15.0 Å². The minimum absolute atomic E-state index is 0.391. The van der Waals surface area contributed by atoms with Crippen molar-refractivity contribution in [1.82, 2.24) is 10.2 Å². The van der Waals surface area contributed by atoms with Gasteiger partial charge in [0, 0.05) is 19.5 Å². The van der Waals surface area contributed by atoms with Crippen molar-refractivity contribution in [2.24, 2.45) is 0 Å². The summed E-state index contributed by atoms with van der Waals surface area (Å²) >= 11 is 0. The molecule has 0 radical (unpaired) electrons. The van der Waals surface area contributed by atoms with E-state index in [0.29, 0.717) is 5.92 Å². The van der Waals surface area contributed by atoms with Crippen LogP contribution in [0.2, 0.25) is 0 Å². The third-order valence-electron chi connectivity index (χ3n) is 3.13. The van der Waals surface area contributed by atoms with Crippen LogP contribution in [0, 0.1) is 0 Å². The highest BCUT2D eigenvalue weighted by molar-refractivity contribution is 5.31. The van der Waals surface area contributed by atoms with Gasteiger partial charge in [-0.1, -0.05) is 31.6 Å². The van der Waals surface area contributed by atoms with Crippen molar-refractivity contribution in [3.05, 3.63) is 42.1 Å². The fourth-order valence-electron chi connectivity index (χ4n) is 2.03. The van der Waals surface area contributed by atoms with Crippen LogP contribution in [-0.4, -0.2) is 39.2 Å². The molecule has 3 heteroatoms. The first-order valence-corrected chi connectivity index (χ1v) is 7.38. The lowest BCUT2D eigenvalue weighted by atomic mass is 9.98. The zero-order valence-electron chi connectivity index (χ0n) is 13.2. The molecule has 112 valence electrons. The molecule has 1 rings (SSSR count). The molecule has 0 aliphatic rings. The summed E-state index contributed by atoms with van der Waals surface area (Å²) in [7, 11) is 6.12. The molecule has 1 N–H and O–H groups in total. The number of unbranched alkanes of at least 4 members (excludes halogenated alkanes) is 1. The topological polar surface area (TPSA) is 24.5 Å². The van der Waals surface area contributed by atoms with E-state index in [1.165, 1.54) is 5.56 Å². The second-order valence-electron chi connectivity index (χ2n) is 5.29. The summed E-state index contributed by atoms with van der Waals surface area (Å²) < 4.78 is 5.70. The number of hydrogen-bond donors (Lipinski definition) is 1. The quantitative estimate of drug-likeness (QED) is 0.701. The molecule has 0 aliphatic heterocycles. The van der Waals surface area contributed by atoms with Gasteiger partial charge in [0.2, 0.25) is 0 Å². The smallest absolute Gasteiger partial charge is 0.119 e. The Balaban J connectivity index is 2.68. The Labute approximate surface area is 123 Å². The van der Waals surface area contributed by atoms with Gasteiger partial charge in [-0.05, 0) is 44.4 Å². The van der Waals surface area contributed by atoms with E-state index < -0.39 is 0 Å². The van der Waals surface area contributed by atoms with E-state index in [2.05, 4.69) is 61.6 Å². The number of ether oxygens (including phenoxy) is 1. The molecule has 0 amide bonds. The summed E-state index contributed by atoms with van der Waals surface area (Å²) in [5, 5.41) is 3.06. The van der Waals surface area contributed by atoms with Crippen molar-refractivity contribution in [3.63, 3.8) is 0 Å². The van der Waals surface area contributed by atoms with Gasteiger partial charge in [0.1, 0.15) is 5.75 Å². The summed E-state index contributed by atoms with van der Waals surface area (Å²) in [5.74, 6) is 1.35. The van der Waals surface area contributed by atoms with E-state index >= 15 is 0 Å². The maximum absolute atomic E-state index is 5.70. The molecule has 0 saturated carbocycles. The van der Waals surface area contributed by atoms with Gasteiger partial charge in [-0.3, -0.25) is 0 Å². The number of hydrogen-bond acceptors (Lipinski definition) is 3. The highest BCUT2D eigenvalue weighted by Gasteiger charge is 2.09. The van der Waals surface area contributed by atoms with Crippen molar-refractivity contribution < 1.29 is 4.74 Å². The van der Waals surface area contributed by atoms with Crippen LogP contribution >= 0.6 is 0 Å². The van der Waals surface area contributed by atoms with Crippen molar-refractivity contribution in [2.75, 3.05) is 34.3 Å². The Hall–Kier alpha value is -1.48. The number of likely N-dealkylation sites (N-methyl/N-ethyl adjacent to an activating group) is 1. The van der Waals surface area contributed by atoms with Crippen LogP contribution in [0.5, 0.6) is 5.75 Å². The summed E-state index contributed by atoms with van der Waals surface area (Å²) in [6.07, 6.45) is 6.47. The lowest BCUT2D eigenvalue weighted by molar-refractivity contribution is 0.309. The average molecular weight is 276 g/mol. The standard InChI is InChI=1S/C17H28N2O/c1-5-6-13-20-17-9-7-15(8-10-17)16(11-12-18-2)14-19(3)4/h7-12,16,18H,5-6,13-14H2,1-4H3. The minimum Gasteiger partial charge on any atom is -0.494 e. The highest BCUT2D eigenvalue weighted by Crippen LogP contribution is 2.21. The lowest BCUT2D eigenvalue weighted by Crippen LogP contribution is -2.19. The van der Waals surface area contributed by atoms with Gasteiger partial charge in [-0.2, -0.15) is 0 Å². The molecule has 1 atom stereocenters. The van der Waals surface area contributed by atoms with Crippen molar-refractivity contribution in [1.29, 1.82) is 0 Å². The van der Waals surface area contributed by atoms with Gasteiger partial charge in [-0.15, -0.1) is 0 Å². The van der Waals surface area contributed by atoms with E-state index in [9.17, 15) is 0 Å². The van der Waals surface area contributed by atoms with Gasteiger partial charge in [0.25, 0.3) is 0 Å². The van der Waals surface area contributed by atoms with Crippen LogP contribution in [0.25, 0.3) is 0 Å². The highest BCUT2D eigenvalue weighted by atomic mass is 16.5. The molecule has 0 aliphatic carbocycles. The first-order chi connectivity index (χ1) is 9.67. The Morgan fingerprint density at radius 2 is 1.95 bits per heavy atom. The molecule has 3 nitrogen and oxygen atoms in total. The van der Waals surface area contributed by atoms with E-state index in [0.717, 1.165) is 31.7 Å². The molecule has 0 aromatic heterocycles. The summed E-state index contributed by atoms with van der Waals surface area (Å²) in [5.41, 5.74) is 1.31. The maximum atomic E-state index is 5.70. The van der Waals surface area contributed by atoms with Gasteiger partial charge in [-0.25, -0.2) is 0 Å². The van der Waals surface area contributed by atoms with Crippen LogP contribution in [0.3, 0.4) is 0 Å². The second kappa shape index (κ2) is 9.43. The van der Waals surface area contributed by atoms with Crippen molar-refractivity contribution in [3.8, 4) is 5.75 Å². The molecule has 0 fully saturated rings.